The minimum Gasteiger partial charge on any atom is -0.495 e. The molecule has 2 N–H and O–H groups in total. The molecule has 0 atom stereocenters. The molecule has 0 radical (unpaired) electrons. The number of methoxy groups -OCH3 is 1. The molecule has 1 heterocycles. The zero-order valence-corrected chi connectivity index (χ0v) is 12.4. The Morgan fingerprint density at radius 3 is 2.71 bits per heavy atom. The molecular formula is C15H16N2O3S. The summed E-state index contributed by atoms with van der Waals surface area (Å²) in [6.45, 7) is 0.430. The number of fused-ring (bicyclic) bond motifs is 1. The van der Waals surface area contributed by atoms with Crippen molar-refractivity contribution in [2.75, 3.05) is 23.7 Å². The Morgan fingerprint density at radius 1 is 1.19 bits per heavy atom. The largest absolute Gasteiger partial charge is 0.495 e. The predicted molar refractivity (Wildman–Crippen MR) is 82.1 cm³/mol. The highest BCUT2D eigenvalue weighted by Gasteiger charge is 2.32. The lowest BCUT2D eigenvalue weighted by molar-refractivity contribution is 0.403. The maximum Gasteiger partial charge on any atom is 0.268 e. The van der Waals surface area contributed by atoms with Gasteiger partial charge in [-0.1, -0.05) is 18.2 Å². The molecule has 5 nitrogen and oxygen atoms in total. The number of hydrogen-bond donors (Lipinski definition) is 1. The average Bonchev–Trinajstić information content (AvgIpc) is 2.92. The highest BCUT2D eigenvalue weighted by atomic mass is 32.2. The highest BCUT2D eigenvalue weighted by Crippen LogP contribution is 2.36. The standard InChI is InChI=1S/C15H16N2O3S/c1-20-14-7-6-12(16)10-15(14)21(18,19)17-9-8-11-4-2-3-5-13(11)17/h2-7,10H,8-9,16H2,1H3. The van der Waals surface area contributed by atoms with Gasteiger partial charge in [0.1, 0.15) is 10.6 Å². The Balaban J connectivity index is 2.13. The SMILES string of the molecule is COc1ccc(N)cc1S(=O)(=O)N1CCc2ccccc21. The average molecular weight is 304 g/mol. The van der Waals surface area contributed by atoms with Crippen LogP contribution < -0.4 is 14.8 Å². The van der Waals surface area contributed by atoms with E-state index in [0.717, 1.165) is 11.3 Å². The molecule has 0 aromatic heterocycles. The van der Waals surface area contributed by atoms with E-state index in [0.29, 0.717) is 24.4 Å². The van der Waals surface area contributed by atoms with Gasteiger partial charge >= 0.3 is 0 Å². The van der Waals surface area contributed by atoms with Gasteiger partial charge in [-0.15, -0.1) is 0 Å². The van der Waals surface area contributed by atoms with E-state index < -0.39 is 10.0 Å². The van der Waals surface area contributed by atoms with Gasteiger partial charge in [-0.2, -0.15) is 0 Å². The van der Waals surface area contributed by atoms with E-state index in [1.54, 1.807) is 12.1 Å². The molecule has 2 aromatic carbocycles. The van der Waals surface area contributed by atoms with Gasteiger partial charge in [0.25, 0.3) is 10.0 Å². The Labute approximate surface area is 124 Å². The van der Waals surface area contributed by atoms with Gasteiger partial charge in [0.15, 0.2) is 0 Å². The Morgan fingerprint density at radius 2 is 1.95 bits per heavy atom. The zero-order chi connectivity index (χ0) is 15.0. The van der Waals surface area contributed by atoms with Crippen LogP contribution in [0.15, 0.2) is 47.4 Å². The zero-order valence-electron chi connectivity index (χ0n) is 11.6. The topological polar surface area (TPSA) is 72.6 Å². The predicted octanol–water partition coefficient (Wildman–Crippen LogP) is 2.03. The van der Waals surface area contributed by atoms with E-state index >= 15 is 0 Å². The number of para-hydroxylation sites is 1. The number of benzene rings is 2. The van der Waals surface area contributed by atoms with E-state index in [4.69, 9.17) is 10.5 Å². The van der Waals surface area contributed by atoms with E-state index in [1.807, 2.05) is 24.3 Å². The lowest BCUT2D eigenvalue weighted by atomic mass is 10.2. The number of ether oxygens (including phenoxy) is 1. The number of nitrogens with zero attached hydrogens (tertiary/aromatic N) is 1. The second-order valence-electron chi connectivity index (χ2n) is 4.87. The molecule has 1 aliphatic heterocycles. The fourth-order valence-corrected chi connectivity index (χ4v) is 4.27. The van der Waals surface area contributed by atoms with Crippen LogP contribution in [0.2, 0.25) is 0 Å². The highest BCUT2D eigenvalue weighted by molar-refractivity contribution is 7.93. The van der Waals surface area contributed by atoms with Gasteiger partial charge in [-0.05, 0) is 36.2 Å². The van der Waals surface area contributed by atoms with Crippen molar-refractivity contribution in [2.24, 2.45) is 0 Å². The van der Waals surface area contributed by atoms with Crippen molar-refractivity contribution < 1.29 is 13.2 Å². The first kappa shape index (κ1) is 13.8. The van der Waals surface area contributed by atoms with E-state index in [-0.39, 0.29) is 4.90 Å². The van der Waals surface area contributed by atoms with Crippen molar-refractivity contribution in [2.45, 2.75) is 11.3 Å². The van der Waals surface area contributed by atoms with Crippen molar-refractivity contribution in [1.29, 1.82) is 0 Å². The van der Waals surface area contributed by atoms with Crippen molar-refractivity contribution in [3.05, 3.63) is 48.0 Å². The second-order valence-corrected chi connectivity index (χ2v) is 6.70. The molecule has 0 unspecified atom stereocenters. The molecule has 2 aromatic rings. The van der Waals surface area contributed by atoms with Crippen LogP contribution in [0.25, 0.3) is 0 Å². The molecule has 0 amide bonds. The maximum atomic E-state index is 12.9. The smallest absolute Gasteiger partial charge is 0.268 e. The van der Waals surface area contributed by atoms with Gasteiger partial charge in [-0.3, -0.25) is 4.31 Å². The van der Waals surface area contributed by atoms with Crippen LogP contribution in [0.4, 0.5) is 11.4 Å². The second kappa shape index (κ2) is 4.96. The van der Waals surface area contributed by atoms with Crippen LogP contribution in [0, 0.1) is 0 Å². The van der Waals surface area contributed by atoms with Crippen LogP contribution in [0.3, 0.4) is 0 Å². The summed E-state index contributed by atoms with van der Waals surface area (Å²) in [7, 11) is -2.24. The summed E-state index contributed by atoms with van der Waals surface area (Å²) < 4.78 is 32.4. The third kappa shape index (κ3) is 2.21. The normalized spacial score (nSPS) is 14.0. The number of nitrogens with two attached hydrogens (primary N) is 1. The van der Waals surface area contributed by atoms with Crippen LogP contribution in [-0.2, 0) is 16.4 Å². The van der Waals surface area contributed by atoms with Crippen LogP contribution >= 0.6 is 0 Å². The van der Waals surface area contributed by atoms with Gasteiger partial charge < -0.3 is 10.5 Å². The Bertz CT molecular complexity index is 787. The van der Waals surface area contributed by atoms with Crippen molar-refractivity contribution in [1.82, 2.24) is 0 Å². The summed E-state index contributed by atoms with van der Waals surface area (Å²) >= 11 is 0. The van der Waals surface area contributed by atoms with E-state index in [9.17, 15) is 8.42 Å². The summed E-state index contributed by atoms with van der Waals surface area (Å²) in [6, 6.07) is 12.1. The van der Waals surface area contributed by atoms with Crippen molar-refractivity contribution in [3.8, 4) is 5.75 Å². The molecule has 6 heteroatoms. The molecule has 0 spiro atoms. The molecular weight excluding hydrogens is 288 g/mol. The van der Waals surface area contributed by atoms with Crippen molar-refractivity contribution in [3.63, 3.8) is 0 Å². The van der Waals surface area contributed by atoms with E-state index in [1.165, 1.54) is 17.5 Å². The molecule has 0 fully saturated rings. The molecule has 0 bridgehead atoms. The summed E-state index contributed by atoms with van der Waals surface area (Å²) in [5, 5.41) is 0. The van der Waals surface area contributed by atoms with Gasteiger partial charge in [0, 0.05) is 12.2 Å². The molecule has 21 heavy (non-hydrogen) atoms. The first-order chi connectivity index (χ1) is 10.0. The first-order valence-electron chi connectivity index (χ1n) is 6.58. The monoisotopic (exact) mass is 304 g/mol. The van der Waals surface area contributed by atoms with Crippen LogP contribution in [-0.4, -0.2) is 22.1 Å². The maximum absolute atomic E-state index is 12.9. The number of sulfonamides is 1. The van der Waals surface area contributed by atoms with Crippen LogP contribution in [0.1, 0.15) is 5.56 Å². The molecule has 0 saturated heterocycles. The van der Waals surface area contributed by atoms with Gasteiger partial charge in [0.05, 0.1) is 12.8 Å². The van der Waals surface area contributed by atoms with Crippen LogP contribution in [0.5, 0.6) is 5.75 Å². The number of rotatable bonds is 3. The minimum absolute atomic E-state index is 0.0988. The van der Waals surface area contributed by atoms with Crippen molar-refractivity contribution >= 4 is 21.4 Å². The number of nitrogen functional groups attached to an aromatic ring is 1. The molecule has 0 saturated carbocycles. The summed E-state index contributed by atoms with van der Waals surface area (Å²) in [6.07, 6.45) is 0.708. The summed E-state index contributed by atoms with van der Waals surface area (Å²) in [5.41, 5.74) is 7.88. The minimum atomic E-state index is -3.69. The van der Waals surface area contributed by atoms with Gasteiger partial charge in [-0.25, -0.2) is 8.42 Å². The van der Waals surface area contributed by atoms with Gasteiger partial charge in [0.2, 0.25) is 0 Å². The lowest BCUT2D eigenvalue weighted by Crippen LogP contribution is -2.29. The summed E-state index contributed by atoms with van der Waals surface area (Å²) in [4.78, 5) is 0.0988. The molecule has 1 aliphatic rings. The first-order valence-corrected chi connectivity index (χ1v) is 8.02. The number of anilines is 2. The Kier molecular flexibility index (Phi) is 3.25. The third-order valence-corrected chi connectivity index (χ3v) is 5.43. The van der Waals surface area contributed by atoms with E-state index in [2.05, 4.69) is 0 Å². The fraction of sp³-hybridized carbons (Fsp3) is 0.200. The fourth-order valence-electron chi connectivity index (χ4n) is 2.57. The third-order valence-electron chi connectivity index (χ3n) is 3.60. The number of hydrogen-bond acceptors (Lipinski definition) is 4. The Hall–Kier alpha value is -2.21. The molecule has 0 aliphatic carbocycles. The molecule has 3 rings (SSSR count). The summed E-state index contributed by atoms with van der Waals surface area (Å²) in [5.74, 6) is 0.300. The lowest BCUT2D eigenvalue weighted by Gasteiger charge is -2.21. The molecule has 110 valence electrons. The quantitative estimate of drug-likeness (QED) is 0.881.